The van der Waals surface area contributed by atoms with Gasteiger partial charge in [-0.15, -0.1) is 6.58 Å². The Morgan fingerprint density at radius 2 is 1.32 bits per heavy atom. The van der Waals surface area contributed by atoms with E-state index in [1.54, 1.807) is 0 Å². The molecular weight excluding hydrogens is 264 g/mol. The van der Waals surface area contributed by atoms with E-state index in [4.69, 9.17) is 0 Å². The van der Waals surface area contributed by atoms with Crippen molar-refractivity contribution in [3.8, 4) is 0 Å². The summed E-state index contributed by atoms with van der Waals surface area (Å²) in [5.74, 6) is 3.94. The maximum absolute atomic E-state index is 3.85. The van der Waals surface area contributed by atoms with Gasteiger partial charge in [0.2, 0.25) is 0 Å². The molecule has 0 saturated heterocycles. The summed E-state index contributed by atoms with van der Waals surface area (Å²) in [5.41, 5.74) is 0. The zero-order valence-corrected chi connectivity index (χ0v) is 14.9. The molecule has 2 aliphatic carbocycles. The maximum Gasteiger partial charge on any atom is -0.0233 e. The van der Waals surface area contributed by atoms with Gasteiger partial charge in [-0.1, -0.05) is 57.3 Å². The van der Waals surface area contributed by atoms with Crippen LogP contribution in [-0.2, 0) is 0 Å². The second kappa shape index (κ2) is 10.3. The van der Waals surface area contributed by atoms with Gasteiger partial charge in [-0.3, -0.25) is 0 Å². The molecular formula is C22H38. The lowest BCUT2D eigenvalue weighted by Gasteiger charge is -2.28. The highest BCUT2D eigenvalue weighted by Gasteiger charge is 2.20. The van der Waals surface area contributed by atoms with Gasteiger partial charge >= 0.3 is 0 Å². The molecule has 0 heteroatoms. The first-order valence-corrected chi connectivity index (χ1v) is 10.1. The first kappa shape index (κ1) is 17.8. The minimum atomic E-state index is 0.900. The van der Waals surface area contributed by atoms with Crippen LogP contribution in [0.15, 0.2) is 24.8 Å². The van der Waals surface area contributed by atoms with Gasteiger partial charge < -0.3 is 0 Å². The predicted molar refractivity (Wildman–Crippen MR) is 99.0 cm³/mol. The molecule has 0 bridgehead atoms. The summed E-state index contributed by atoms with van der Waals surface area (Å²) in [6, 6.07) is 0. The van der Waals surface area contributed by atoms with Crippen LogP contribution < -0.4 is 0 Å². The van der Waals surface area contributed by atoms with E-state index in [2.05, 4.69) is 31.7 Å². The van der Waals surface area contributed by atoms with Crippen molar-refractivity contribution in [3.05, 3.63) is 24.8 Å². The van der Waals surface area contributed by atoms with Crippen molar-refractivity contribution >= 4 is 0 Å². The lowest BCUT2D eigenvalue weighted by molar-refractivity contribution is 0.255. The molecule has 0 spiro atoms. The third kappa shape index (κ3) is 6.31. The number of hydrogen-bond acceptors (Lipinski definition) is 0. The molecule has 0 aromatic heterocycles. The first-order valence-electron chi connectivity index (χ1n) is 10.1. The van der Waals surface area contributed by atoms with E-state index in [0.717, 1.165) is 23.7 Å². The van der Waals surface area contributed by atoms with Crippen LogP contribution in [0.25, 0.3) is 0 Å². The van der Waals surface area contributed by atoms with Gasteiger partial charge in [-0.25, -0.2) is 0 Å². The summed E-state index contributed by atoms with van der Waals surface area (Å²) in [4.78, 5) is 0. The van der Waals surface area contributed by atoms with Crippen molar-refractivity contribution in [2.24, 2.45) is 23.7 Å². The van der Waals surface area contributed by atoms with Crippen molar-refractivity contribution in [2.75, 3.05) is 0 Å². The highest BCUT2D eigenvalue weighted by atomic mass is 14.3. The standard InChI is InChI=1S/C22H38/c1-3-5-8-20-15-17-22(18-16-20)10-7-6-9-21-13-11-19(4-2)12-14-21/h3,6,9,19-22H,1,4-5,7-8,10-18H2,2H3. The molecule has 2 rings (SSSR count). The fourth-order valence-electron chi connectivity index (χ4n) is 4.57. The van der Waals surface area contributed by atoms with Gasteiger partial charge in [0.25, 0.3) is 0 Å². The fourth-order valence-corrected chi connectivity index (χ4v) is 4.57. The van der Waals surface area contributed by atoms with E-state index < -0.39 is 0 Å². The van der Waals surface area contributed by atoms with E-state index in [0.29, 0.717) is 0 Å². The van der Waals surface area contributed by atoms with Crippen LogP contribution in [0, 0.1) is 23.7 Å². The molecule has 126 valence electrons. The van der Waals surface area contributed by atoms with Crippen LogP contribution in [-0.4, -0.2) is 0 Å². The SMILES string of the molecule is C=CCCC1CCC(CCC=CC2CCC(CC)CC2)CC1. The third-order valence-corrected chi connectivity index (χ3v) is 6.36. The van der Waals surface area contributed by atoms with Gasteiger partial charge in [0, 0.05) is 0 Å². The quantitative estimate of drug-likeness (QED) is 0.412. The zero-order valence-electron chi connectivity index (χ0n) is 14.9. The Morgan fingerprint density at radius 1 is 0.773 bits per heavy atom. The summed E-state index contributed by atoms with van der Waals surface area (Å²) in [6.07, 6.45) is 25.7. The van der Waals surface area contributed by atoms with Gasteiger partial charge in [0.1, 0.15) is 0 Å². The molecule has 2 saturated carbocycles. The summed E-state index contributed by atoms with van der Waals surface area (Å²) >= 11 is 0. The van der Waals surface area contributed by atoms with Crippen LogP contribution in [0.4, 0.5) is 0 Å². The molecule has 0 unspecified atom stereocenters. The van der Waals surface area contributed by atoms with Gasteiger partial charge in [0.05, 0.1) is 0 Å². The number of allylic oxidation sites excluding steroid dienone is 3. The largest absolute Gasteiger partial charge is 0.103 e. The average molecular weight is 303 g/mol. The van der Waals surface area contributed by atoms with E-state index in [-0.39, 0.29) is 0 Å². The Morgan fingerprint density at radius 3 is 1.86 bits per heavy atom. The topological polar surface area (TPSA) is 0 Å². The highest BCUT2D eigenvalue weighted by Crippen LogP contribution is 2.34. The van der Waals surface area contributed by atoms with E-state index in [1.165, 1.54) is 83.5 Å². The fraction of sp³-hybridized carbons (Fsp3) is 0.818. The molecule has 0 aromatic carbocycles. The minimum Gasteiger partial charge on any atom is -0.103 e. The molecule has 0 aliphatic heterocycles. The summed E-state index contributed by atoms with van der Waals surface area (Å²) in [7, 11) is 0. The van der Waals surface area contributed by atoms with Crippen LogP contribution in [0.2, 0.25) is 0 Å². The molecule has 22 heavy (non-hydrogen) atoms. The molecule has 0 aromatic rings. The Kier molecular flexibility index (Phi) is 8.34. The smallest absolute Gasteiger partial charge is 0.0233 e. The van der Waals surface area contributed by atoms with Gasteiger partial charge in [-0.2, -0.15) is 0 Å². The van der Waals surface area contributed by atoms with Crippen molar-refractivity contribution in [1.82, 2.24) is 0 Å². The van der Waals surface area contributed by atoms with Crippen LogP contribution >= 0.6 is 0 Å². The second-order valence-corrected chi connectivity index (χ2v) is 7.95. The normalized spacial score (nSPS) is 33.1. The van der Waals surface area contributed by atoms with Crippen molar-refractivity contribution < 1.29 is 0 Å². The third-order valence-electron chi connectivity index (χ3n) is 6.36. The van der Waals surface area contributed by atoms with Crippen LogP contribution in [0.5, 0.6) is 0 Å². The van der Waals surface area contributed by atoms with Crippen LogP contribution in [0.3, 0.4) is 0 Å². The number of rotatable bonds is 8. The van der Waals surface area contributed by atoms with Crippen LogP contribution in [0.1, 0.15) is 90.4 Å². The molecule has 0 radical (unpaired) electrons. The Bertz CT molecular complexity index is 311. The maximum atomic E-state index is 3.85. The molecule has 0 N–H and O–H groups in total. The first-order chi connectivity index (χ1) is 10.8. The Hall–Kier alpha value is -0.520. The monoisotopic (exact) mass is 302 g/mol. The molecule has 2 fully saturated rings. The lowest BCUT2D eigenvalue weighted by atomic mass is 9.78. The summed E-state index contributed by atoms with van der Waals surface area (Å²) in [5, 5.41) is 0. The van der Waals surface area contributed by atoms with E-state index in [9.17, 15) is 0 Å². The summed E-state index contributed by atoms with van der Waals surface area (Å²) < 4.78 is 0. The molecule has 0 heterocycles. The van der Waals surface area contributed by atoms with Crippen molar-refractivity contribution in [1.29, 1.82) is 0 Å². The number of hydrogen-bond donors (Lipinski definition) is 0. The molecule has 0 atom stereocenters. The second-order valence-electron chi connectivity index (χ2n) is 7.95. The van der Waals surface area contributed by atoms with E-state index >= 15 is 0 Å². The van der Waals surface area contributed by atoms with Gasteiger partial charge in [0.15, 0.2) is 0 Å². The Labute approximate surface area is 139 Å². The minimum absolute atomic E-state index is 0.900. The van der Waals surface area contributed by atoms with Gasteiger partial charge in [-0.05, 0) is 75.0 Å². The van der Waals surface area contributed by atoms with Crippen molar-refractivity contribution in [2.45, 2.75) is 90.4 Å². The highest BCUT2D eigenvalue weighted by molar-refractivity contribution is 4.91. The average Bonchev–Trinajstić information content (AvgIpc) is 2.58. The molecule has 0 amide bonds. The summed E-state index contributed by atoms with van der Waals surface area (Å²) in [6.45, 7) is 6.20. The lowest BCUT2D eigenvalue weighted by Crippen LogP contribution is -2.14. The zero-order chi connectivity index (χ0) is 15.6. The van der Waals surface area contributed by atoms with Crippen molar-refractivity contribution in [3.63, 3.8) is 0 Å². The predicted octanol–water partition coefficient (Wildman–Crippen LogP) is 7.31. The van der Waals surface area contributed by atoms with E-state index in [1.807, 2.05) is 0 Å². The Balaban J connectivity index is 1.54. The molecule has 2 aliphatic rings. The molecule has 0 nitrogen and oxygen atoms in total.